The smallest absolute Gasteiger partial charge is 0.241 e. The number of halogens is 3. The maximum atomic E-state index is 14.6. The van der Waals surface area contributed by atoms with Gasteiger partial charge in [0.05, 0.1) is 4.90 Å². The molecule has 1 saturated carbocycles. The summed E-state index contributed by atoms with van der Waals surface area (Å²) in [4.78, 5) is 11.3. The average molecular weight is 410 g/mol. The summed E-state index contributed by atoms with van der Waals surface area (Å²) in [5, 5.41) is 0. The Bertz CT molecular complexity index is 982. The second-order valence-electron chi connectivity index (χ2n) is 7.04. The van der Waals surface area contributed by atoms with Crippen LogP contribution in [0.3, 0.4) is 0 Å². The van der Waals surface area contributed by atoms with Crippen LogP contribution in [0.5, 0.6) is 0 Å². The van der Waals surface area contributed by atoms with E-state index in [1.807, 2.05) is 0 Å². The Morgan fingerprint density at radius 3 is 2.21 bits per heavy atom. The summed E-state index contributed by atoms with van der Waals surface area (Å²) in [5.41, 5.74) is 7.31. The van der Waals surface area contributed by atoms with Gasteiger partial charge in [0, 0.05) is 11.5 Å². The second kappa shape index (κ2) is 7.58. The van der Waals surface area contributed by atoms with Gasteiger partial charge in [-0.1, -0.05) is 12.1 Å². The van der Waals surface area contributed by atoms with E-state index in [1.165, 1.54) is 24.3 Å². The number of benzene rings is 2. The summed E-state index contributed by atoms with van der Waals surface area (Å²) in [6.45, 7) is -0.753. The third kappa shape index (κ3) is 3.41. The first-order valence-electron chi connectivity index (χ1n) is 8.82. The van der Waals surface area contributed by atoms with Crippen molar-refractivity contribution in [1.29, 1.82) is 0 Å². The van der Waals surface area contributed by atoms with Crippen molar-refractivity contribution in [2.45, 2.75) is 42.0 Å². The maximum Gasteiger partial charge on any atom is 0.241 e. The van der Waals surface area contributed by atoms with E-state index in [2.05, 4.69) is 0 Å². The molecule has 2 aromatic rings. The van der Waals surface area contributed by atoms with Crippen LogP contribution in [0.4, 0.5) is 13.2 Å². The van der Waals surface area contributed by atoms with Crippen molar-refractivity contribution in [2.75, 3.05) is 0 Å². The summed E-state index contributed by atoms with van der Waals surface area (Å²) < 4.78 is 66.6. The Kier molecular flexibility index (Phi) is 5.52. The zero-order chi connectivity index (χ0) is 20.5. The van der Waals surface area contributed by atoms with Crippen LogP contribution in [0, 0.1) is 17.6 Å². The number of nitrogens with one attached hydrogen (secondary N) is 1. The van der Waals surface area contributed by atoms with Gasteiger partial charge in [-0.3, -0.25) is 10.5 Å². The normalized spacial score (nSPS) is 22.8. The van der Waals surface area contributed by atoms with E-state index in [1.54, 1.807) is 0 Å². The predicted octanol–water partition coefficient (Wildman–Crippen LogP) is 4.10. The first-order chi connectivity index (χ1) is 13.2. The molecule has 8 heteroatoms. The van der Waals surface area contributed by atoms with Gasteiger partial charge in [-0.2, -0.15) is 0 Å². The lowest BCUT2D eigenvalue weighted by atomic mass is 9.77. The standard InChI is InChI=1S/C20H19F3NO3S/c21-12-13-1-4-16(5-2-13)28(26,27)20(9-7-14(8-10-20)19(24)25)17-11-15(22)3-6-18(17)23/h1-6,11,14,24H,7-10,12H2. The fourth-order valence-corrected chi connectivity index (χ4v) is 6.02. The van der Waals surface area contributed by atoms with Gasteiger partial charge in [-0.15, -0.1) is 0 Å². The summed E-state index contributed by atoms with van der Waals surface area (Å²) >= 11 is 0. The van der Waals surface area contributed by atoms with Crippen molar-refractivity contribution in [3.63, 3.8) is 0 Å². The van der Waals surface area contributed by atoms with Crippen LogP contribution in [-0.4, -0.2) is 14.3 Å². The molecule has 0 heterocycles. The van der Waals surface area contributed by atoms with Crippen molar-refractivity contribution in [3.05, 3.63) is 65.2 Å². The van der Waals surface area contributed by atoms with Gasteiger partial charge in [0.25, 0.3) is 0 Å². The molecular formula is C20H19F3NO3S. The van der Waals surface area contributed by atoms with Gasteiger partial charge in [0.15, 0.2) is 9.84 Å². The van der Waals surface area contributed by atoms with Crippen LogP contribution in [0.1, 0.15) is 36.8 Å². The lowest BCUT2D eigenvalue weighted by molar-refractivity contribution is -0.123. The molecule has 0 aromatic heterocycles. The third-order valence-corrected chi connectivity index (χ3v) is 8.04. The van der Waals surface area contributed by atoms with Gasteiger partial charge in [-0.25, -0.2) is 21.6 Å². The maximum absolute atomic E-state index is 14.6. The van der Waals surface area contributed by atoms with Crippen molar-refractivity contribution >= 4 is 15.7 Å². The fourth-order valence-electron chi connectivity index (χ4n) is 3.86. The summed E-state index contributed by atoms with van der Waals surface area (Å²) in [5.74, 6) is -3.04. The second-order valence-corrected chi connectivity index (χ2v) is 9.30. The number of hydrogen-bond acceptors (Lipinski definition) is 3. The van der Waals surface area contributed by atoms with E-state index < -0.39 is 44.7 Å². The highest BCUT2D eigenvalue weighted by atomic mass is 32.2. The molecule has 4 nitrogen and oxygen atoms in total. The van der Waals surface area contributed by atoms with E-state index in [0.717, 1.165) is 18.2 Å². The Morgan fingerprint density at radius 1 is 1.07 bits per heavy atom. The molecule has 0 saturated heterocycles. The highest BCUT2D eigenvalue weighted by Gasteiger charge is 2.50. The lowest BCUT2D eigenvalue weighted by Gasteiger charge is -2.39. The van der Waals surface area contributed by atoms with Crippen molar-refractivity contribution < 1.29 is 26.4 Å². The van der Waals surface area contributed by atoms with Crippen molar-refractivity contribution in [3.8, 4) is 0 Å². The van der Waals surface area contributed by atoms with Crippen LogP contribution in [0.15, 0.2) is 47.4 Å². The molecule has 1 aliphatic carbocycles. The molecule has 28 heavy (non-hydrogen) atoms. The van der Waals surface area contributed by atoms with Crippen molar-refractivity contribution in [2.24, 2.45) is 5.92 Å². The Hall–Kier alpha value is -2.35. The molecule has 0 unspecified atom stereocenters. The molecular weight excluding hydrogens is 391 g/mol. The first-order valence-corrected chi connectivity index (χ1v) is 10.3. The SMILES string of the molecule is [NH]C(=O)C1CCC(c2cc(F)ccc2F)(S(=O)(=O)c2ccc(CF)cc2)CC1. The number of hydrogen-bond donors (Lipinski definition) is 0. The molecule has 0 atom stereocenters. The number of carbonyl (C=O) groups is 1. The quantitative estimate of drug-likeness (QED) is 0.745. The average Bonchev–Trinajstić information content (AvgIpc) is 2.69. The number of sulfone groups is 1. The highest BCUT2D eigenvalue weighted by molar-refractivity contribution is 7.92. The van der Waals surface area contributed by atoms with E-state index in [9.17, 15) is 26.4 Å². The molecule has 0 aliphatic heterocycles. The number of carbonyl (C=O) groups excluding carboxylic acids is 1. The Morgan fingerprint density at radius 2 is 1.68 bits per heavy atom. The molecule has 1 N–H and O–H groups in total. The van der Waals surface area contributed by atoms with Crippen LogP contribution in [-0.2, 0) is 26.1 Å². The minimum absolute atomic E-state index is 0.0834. The number of alkyl halides is 1. The molecule has 0 bridgehead atoms. The van der Waals surface area contributed by atoms with E-state index >= 15 is 0 Å². The lowest BCUT2D eigenvalue weighted by Crippen LogP contribution is -2.42. The third-order valence-electron chi connectivity index (χ3n) is 5.49. The van der Waals surface area contributed by atoms with Gasteiger partial charge in [-0.05, 0) is 61.6 Å². The van der Waals surface area contributed by atoms with Gasteiger partial charge < -0.3 is 0 Å². The largest absolute Gasteiger partial charge is 0.273 e. The van der Waals surface area contributed by atoms with Gasteiger partial charge in [0.1, 0.15) is 23.1 Å². The zero-order valence-electron chi connectivity index (χ0n) is 14.9. The minimum Gasteiger partial charge on any atom is -0.273 e. The minimum atomic E-state index is -4.19. The molecule has 3 rings (SSSR count). The Balaban J connectivity index is 2.16. The van der Waals surface area contributed by atoms with E-state index in [4.69, 9.17) is 5.73 Å². The fraction of sp³-hybridized carbons (Fsp3) is 0.350. The molecule has 1 radical (unpaired) electrons. The topological polar surface area (TPSA) is 75.0 Å². The first kappa shape index (κ1) is 20.4. The molecule has 1 amide bonds. The molecule has 0 spiro atoms. The molecule has 1 aliphatic rings. The van der Waals surface area contributed by atoms with Crippen LogP contribution in [0.2, 0.25) is 0 Å². The van der Waals surface area contributed by atoms with E-state index in [-0.39, 0.29) is 36.1 Å². The van der Waals surface area contributed by atoms with Gasteiger partial charge >= 0.3 is 0 Å². The summed E-state index contributed by atoms with van der Waals surface area (Å²) in [6, 6.07) is 7.86. The molecule has 2 aromatic carbocycles. The van der Waals surface area contributed by atoms with Crippen molar-refractivity contribution in [1.82, 2.24) is 5.73 Å². The van der Waals surface area contributed by atoms with Crippen LogP contribution >= 0.6 is 0 Å². The highest BCUT2D eigenvalue weighted by Crippen LogP contribution is 2.49. The Labute approximate surface area is 161 Å². The molecule has 1 fully saturated rings. The predicted molar refractivity (Wildman–Crippen MR) is 96.5 cm³/mol. The van der Waals surface area contributed by atoms with Gasteiger partial charge in [0.2, 0.25) is 5.91 Å². The van der Waals surface area contributed by atoms with Crippen LogP contribution in [0.25, 0.3) is 0 Å². The zero-order valence-corrected chi connectivity index (χ0v) is 15.7. The monoisotopic (exact) mass is 410 g/mol. The summed E-state index contributed by atoms with van der Waals surface area (Å²) in [7, 11) is -4.19. The summed E-state index contributed by atoms with van der Waals surface area (Å²) in [6.07, 6.45) is -0.0636. The number of rotatable bonds is 5. The number of amides is 1. The van der Waals surface area contributed by atoms with Crippen LogP contribution < -0.4 is 5.73 Å². The van der Waals surface area contributed by atoms with E-state index in [0.29, 0.717) is 5.56 Å². The molecule has 149 valence electrons.